The van der Waals surface area contributed by atoms with Crippen molar-refractivity contribution < 1.29 is 19.2 Å². The van der Waals surface area contributed by atoms with E-state index >= 15 is 0 Å². The SMILES string of the molecule is CCOC(=O)C(=O)N(Cc1ccc([N+](=O)[O-])cc1)Cc1cc(Cl)cc(Cl)c1. The molecule has 0 N–H and O–H groups in total. The minimum atomic E-state index is -0.979. The van der Waals surface area contributed by atoms with Crippen LogP contribution in [-0.4, -0.2) is 28.3 Å². The fraction of sp³-hybridized carbons (Fsp3) is 0.222. The molecule has 9 heteroatoms. The Labute approximate surface area is 165 Å². The van der Waals surface area contributed by atoms with Crippen molar-refractivity contribution in [1.82, 2.24) is 4.90 Å². The van der Waals surface area contributed by atoms with Gasteiger partial charge in [0.25, 0.3) is 5.69 Å². The Balaban J connectivity index is 2.26. The van der Waals surface area contributed by atoms with Crippen molar-refractivity contribution in [3.05, 3.63) is 73.8 Å². The average Bonchev–Trinajstić information content (AvgIpc) is 2.60. The zero-order valence-corrected chi connectivity index (χ0v) is 15.9. The number of nitro benzene ring substituents is 1. The lowest BCUT2D eigenvalue weighted by molar-refractivity contribution is -0.384. The zero-order chi connectivity index (χ0) is 20.0. The van der Waals surface area contributed by atoms with E-state index in [1.54, 1.807) is 25.1 Å². The van der Waals surface area contributed by atoms with Crippen molar-refractivity contribution in [2.45, 2.75) is 20.0 Å². The Morgan fingerprint density at radius 2 is 1.59 bits per heavy atom. The van der Waals surface area contributed by atoms with E-state index in [1.807, 2.05) is 0 Å². The van der Waals surface area contributed by atoms with Crippen molar-refractivity contribution in [3.63, 3.8) is 0 Å². The van der Waals surface area contributed by atoms with Crippen LogP contribution >= 0.6 is 23.2 Å². The Kier molecular flexibility index (Phi) is 7.15. The van der Waals surface area contributed by atoms with Crippen molar-refractivity contribution in [1.29, 1.82) is 0 Å². The Bertz CT molecular complexity index is 835. The number of hydrogen-bond acceptors (Lipinski definition) is 5. The maximum Gasteiger partial charge on any atom is 0.397 e. The normalized spacial score (nSPS) is 10.3. The molecule has 0 aliphatic rings. The largest absolute Gasteiger partial charge is 0.459 e. The molecule has 0 fully saturated rings. The molecule has 1 amide bonds. The van der Waals surface area contributed by atoms with Gasteiger partial charge in [0.15, 0.2) is 0 Å². The number of rotatable bonds is 6. The second-order valence-electron chi connectivity index (χ2n) is 5.58. The van der Waals surface area contributed by atoms with Crippen LogP contribution in [0.3, 0.4) is 0 Å². The maximum absolute atomic E-state index is 12.5. The standard InChI is InChI=1S/C18H16Cl2N2O5/c1-2-27-18(24)17(23)21(11-13-7-14(19)9-15(20)8-13)10-12-3-5-16(6-4-12)22(25)26/h3-9H,2,10-11H2,1H3. The van der Waals surface area contributed by atoms with Crippen LogP contribution in [0.25, 0.3) is 0 Å². The minimum Gasteiger partial charge on any atom is -0.459 e. The highest BCUT2D eigenvalue weighted by Crippen LogP contribution is 2.21. The average molecular weight is 411 g/mol. The summed E-state index contributed by atoms with van der Waals surface area (Å²) >= 11 is 12.0. The number of non-ortho nitro benzene ring substituents is 1. The Morgan fingerprint density at radius 1 is 1.04 bits per heavy atom. The van der Waals surface area contributed by atoms with Crippen LogP contribution in [0.5, 0.6) is 0 Å². The molecule has 27 heavy (non-hydrogen) atoms. The number of amides is 1. The summed E-state index contributed by atoms with van der Waals surface area (Å²) < 4.78 is 4.79. The molecule has 7 nitrogen and oxygen atoms in total. The first kappa shape index (κ1) is 20.7. The molecule has 0 saturated carbocycles. The Morgan fingerprint density at radius 3 is 2.11 bits per heavy atom. The summed E-state index contributed by atoms with van der Waals surface area (Å²) in [6.45, 7) is 1.79. The number of hydrogen-bond donors (Lipinski definition) is 0. The van der Waals surface area contributed by atoms with Crippen LogP contribution < -0.4 is 0 Å². The highest BCUT2D eigenvalue weighted by Gasteiger charge is 2.24. The molecular formula is C18H16Cl2N2O5. The van der Waals surface area contributed by atoms with E-state index in [2.05, 4.69) is 0 Å². The molecule has 0 aromatic heterocycles. The summed E-state index contributed by atoms with van der Waals surface area (Å²) in [5, 5.41) is 11.6. The van der Waals surface area contributed by atoms with E-state index < -0.39 is 16.8 Å². The number of carbonyl (C=O) groups excluding carboxylic acids is 2. The third-order valence-corrected chi connectivity index (χ3v) is 3.99. The number of nitrogens with zero attached hydrogens (tertiary/aromatic N) is 2. The number of ether oxygens (including phenoxy) is 1. The van der Waals surface area contributed by atoms with Gasteiger partial charge in [0.1, 0.15) is 0 Å². The number of esters is 1. The first-order valence-corrected chi connectivity index (χ1v) is 8.70. The first-order valence-electron chi connectivity index (χ1n) is 7.94. The van der Waals surface area contributed by atoms with E-state index in [0.717, 1.165) is 0 Å². The second kappa shape index (κ2) is 9.34. The molecule has 0 aliphatic heterocycles. The van der Waals surface area contributed by atoms with Crippen molar-refractivity contribution in [3.8, 4) is 0 Å². The van der Waals surface area contributed by atoms with Gasteiger partial charge in [0.05, 0.1) is 11.5 Å². The smallest absolute Gasteiger partial charge is 0.397 e. The van der Waals surface area contributed by atoms with E-state index in [1.165, 1.54) is 29.2 Å². The van der Waals surface area contributed by atoms with Crippen LogP contribution in [0.1, 0.15) is 18.1 Å². The summed E-state index contributed by atoms with van der Waals surface area (Å²) in [5.41, 5.74) is 1.18. The molecule has 0 unspecified atom stereocenters. The van der Waals surface area contributed by atoms with Gasteiger partial charge in [0, 0.05) is 35.3 Å². The molecule has 2 aromatic rings. The fourth-order valence-electron chi connectivity index (χ4n) is 2.39. The molecule has 0 saturated heterocycles. The van der Waals surface area contributed by atoms with Gasteiger partial charge in [-0.1, -0.05) is 35.3 Å². The zero-order valence-electron chi connectivity index (χ0n) is 14.4. The molecule has 0 heterocycles. The van der Waals surface area contributed by atoms with E-state index in [-0.39, 0.29) is 25.4 Å². The lowest BCUT2D eigenvalue weighted by Crippen LogP contribution is -2.36. The maximum atomic E-state index is 12.5. The summed E-state index contributed by atoms with van der Waals surface area (Å²) in [5.74, 6) is -1.81. The minimum absolute atomic E-state index is 0.0553. The van der Waals surface area contributed by atoms with Crippen LogP contribution in [0.15, 0.2) is 42.5 Å². The number of nitro groups is 1. The van der Waals surface area contributed by atoms with Gasteiger partial charge < -0.3 is 9.64 Å². The van der Waals surface area contributed by atoms with E-state index in [0.29, 0.717) is 21.2 Å². The van der Waals surface area contributed by atoms with E-state index in [4.69, 9.17) is 27.9 Å². The number of benzene rings is 2. The van der Waals surface area contributed by atoms with Gasteiger partial charge in [-0.05, 0) is 36.2 Å². The highest BCUT2D eigenvalue weighted by atomic mass is 35.5. The molecule has 0 bridgehead atoms. The summed E-state index contributed by atoms with van der Waals surface area (Å²) in [6, 6.07) is 10.5. The third kappa shape index (κ3) is 5.94. The lowest BCUT2D eigenvalue weighted by atomic mass is 10.1. The first-order chi connectivity index (χ1) is 12.8. The topological polar surface area (TPSA) is 89.8 Å². The van der Waals surface area contributed by atoms with Gasteiger partial charge in [-0.3, -0.25) is 14.9 Å². The fourth-order valence-corrected chi connectivity index (χ4v) is 2.96. The predicted molar refractivity (Wildman–Crippen MR) is 100 cm³/mol. The molecule has 0 radical (unpaired) electrons. The molecule has 2 rings (SSSR count). The molecular weight excluding hydrogens is 395 g/mol. The van der Waals surface area contributed by atoms with Crippen molar-refractivity contribution in [2.24, 2.45) is 0 Å². The summed E-state index contributed by atoms with van der Waals surface area (Å²) in [6.07, 6.45) is 0. The molecule has 0 aliphatic carbocycles. The quantitative estimate of drug-likeness (QED) is 0.310. The summed E-state index contributed by atoms with van der Waals surface area (Å²) in [7, 11) is 0. The Hall–Kier alpha value is -2.64. The number of carbonyl (C=O) groups is 2. The van der Waals surface area contributed by atoms with Gasteiger partial charge in [-0.15, -0.1) is 0 Å². The van der Waals surface area contributed by atoms with Crippen LogP contribution in [0.4, 0.5) is 5.69 Å². The van der Waals surface area contributed by atoms with Crippen molar-refractivity contribution in [2.75, 3.05) is 6.61 Å². The second-order valence-corrected chi connectivity index (χ2v) is 6.46. The third-order valence-electron chi connectivity index (χ3n) is 3.55. The van der Waals surface area contributed by atoms with Gasteiger partial charge in [-0.2, -0.15) is 0 Å². The van der Waals surface area contributed by atoms with Gasteiger partial charge in [0.2, 0.25) is 0 Å². The molecule has 0 atom stereocenters. The van der Waals surface area contributed by atoms with Crippen molar-refractivity contribution >= 4 is 40.8 Å². The van der Waals surface area contributed by atoms with Crippen LogP contribution in [-0.2, 0) is 27.4 Å². The van der Waals surface area contributed by atoms with Gasteiger partial charge >= 0.3 is 11.9 Å². The summed E-state index contributed by atoms with van der Waals surface area (Å²) in [4.78, 5) is 35.9. The van der Waals surface area contributed by atoms with Crippen LogP contribution in [0, 0.1) is 10.1 Å². The van der Waals surface area contributed by atoms with Crippen LogP contribution in [0.2, 0.25) is 10.0 Å². The molecule has 2 aromatic carbocycles. The van der Waals surface area contributed by atoms with E-state index in [9.17, 15) is 19.7 Å². The lowest BCUT2D eigenvalue weighted by Gasteiger charge is -2.22. The number of halogens is 2. The monoisotopic (exact) mass is 410 g/mol. The highest BCUT2D eigenvalue weighted by molar-refractivity contribution is 6.34. The predicted octanol–water partition coefficient (Wildman–Crippen LogP) is 3.99. The molecule has 0 spiro atoms. The van der Waals surface area contributed by atoms with Gasteiger partial charge in [-0.25, -0.2) is 4.79 Å². The molecule has 142 valence electrons.